The van der Waals surface area contributed by atoms with Crippen molar-refractivity contribution in [2.24, 2.45) is 0 Å². The second-order valence-corrected chi connectivity index (χ2v) is 6.29. The topological polar surface area (TPSA) is 48.5 Å². The van der Waals surface area contributed by atoms with E-state index in [9.17, 15) is 9.18 Å². The maximum atomic E-state index is 13.6. The molecule has 1 aliphatic heterocycles. The van der Waals surface area contributed by atoms with Crippen LogP contribution in [0.15, 0.2) is 42.6 Å². The second kappa shape index (κ2) is 8.07. The molecule has 1 N–H and O–H groups in total. The lowest BCUT2D eigenvalue weighted by atomic mass is 10.1. The van der Waals surface area contributed by atoms with Gasteiger partial charge in [0.05, 0.1) is 0 Å². The predicted molar refractivity (Wildman–Crippen MR) is 96.2 cm³/mol. The Hall–Kier alpha value is -2.47. The molecule has 1 aromatic heterocycles. The number of hydrogen-bond donors (Lipinski definition) is 1. The van der Waals surface area contributed by atoms with E-state index in [2.05, 4.69) is 22.2 Å². The fraction of sp³-hybridized carbons (Fsp3) is 0.368. The van der Waals surface area contributed by atoms with Gasteiger partial charge >= 0.3 is 0 Å². The summed E-state index contributed by atoms with van der Waals surface area (Å²) in [6.45, 7) is 3.80. The highest BCUT2D eigenvalue weighted by Gasteiger charge is 2.21. The SMILES string of the molecule is CN1CCN(C(=O)c2cc(NCCc3ccccc3F)ccn2)CC1. The van der Waals surface area contributed by atoms with E-state index < -0.39 is 0 Å². The minimum absolute atomic E-state index is 0.0362. The summed E-state index contributed by atoms with van der Waals surface area (Å²) in [7, 11) is 2.06. The highest BCUT2D eigenvalue weighted by atomic mass is 19.1. The van der Waals surface area contributed by atoms with Crippen molar-refractivity contribution in [3.05, 3.63) is 59.7 Å². The molecule has 0 radical (unpaired) electrons. The van der Waals surface area contributed by atoms with Crippen LogP contribution in [0.2, 0.25) is 0 Å². The number of anilines is 1. The van der Waals surface area contributed by atoms with Gasteiger partial charge in [0, 0.05) is 44.6 Å². The molecule has 0 unspecified atom stereocenters. The van der Waals surface area contributed by atoms with Crippen LogP contribution >= 0.6 is 0 Å². The maximum absolute atomic E-state index is 13.6. The van der Waals surface area contributed by atoms with Crippen molar-refractivity contribution in [2.75, 3.05) is 45.1 Å². The zero-order valence-electron chi connectivity index (χ0n) is 14.4. The summed E-state index contributed by atoms with van der Waals surface area (Å²) in [4.78, 5) is 20.8. The molecule has 0 saturated carbocycles. The standard InChI is InChI=1S/C19H23FN4O/c1-23-10-12-24(13-11-23)19(25)18-14-16(7-9-22-18)21-8-6-15-4-2-3-5-17(15)20/h2-5,7,9,14H,6,8,10-13H2,1H3,(H,21,22). The summed E-state index contributed by atoms with van der Waals surface area (Å²) >= 11 is 0. The zero-order valence-corrected chi connectivity index (χ0v) is 14.4. The van der Waals surface area contributed by atoms with Gasteiger partial charge < -0.3 is 15.1 Å². The predicted octanol–water partition coefficient (Wildman–Crippen LogP) is 2.26. The summed E-state index contributed by atoms with van der Waals surface area (Å²) in [6, 6.07) is 10.4. The third kappa shape index (κ3) is 4.54. The lowest BCUT2D eigenvalue weighted by Crippen LogP contribution is -2.47. The van der Waals surface area contributed by atoms with Gasteiger partial charge in [-0.15, -0.1) is 0 Å². The number of nitrogens with one attached hydrogen (secondary N) is 1. The summed E-state index contributed by atoms with van der Waals surface area (Å²) in [6.07, 6.45) is 2.21. The molecule has 132 valence electrons. The maximum Gasteiger partial charge on any atom is 0.272 e. The first-order valence-electron chi connectivity index (χ1n) is 8.54. The molecular weight excluding hydrogens is 319 g/mol. The highest BCUT2D eigenvalue weighted by Crippen LogP contribution is 2.13. The number of carbonyl (C=O) groups excluding carboxylic acids is 1. The number of halogens is 1. The third-order valence-corrected chi connectivity index (χ3v) is 4.45. The quantitative estimate of drug-likeness (QED) is 0.906. The van der Waals surface area contributed by atoms with Gasteiger partial charge in [-0.1, -0.05) is 18.2 Å². The fourth-order valence-electron chi connectivity index (χ4n) is 2.87. The Kier molecular flexibility index (Phi) is 5.60. The number of likely N-dealkylation sites (N-methyl/N-ethyl adjacent to an activating group) is 1. The fourth-order valence-corrected chi connectivity index (χ4v) is 2.87. The van der Waals surface area contributed by atoms with Gasteiger partial charge in [0.2, 0.25) is 0 Å². The van der Waals surface area contributed by atoms with Crippen LogP contribution < -0.4 is 5.32 Å². The Bertz CT molecular complexity index is 729. The summed E-state index contributed by atoms with van der Waals surface area (Å²) in [5.41, 5.74) is 1.95. The van der Waals surface area contributed by atoms with Gasteiger partial charge in [0.25, 0.3) is 5.91 Å². The van der Waals surface area contributed by atoms with E-state index in [0.717, 1.165) is 31.9 Å². The largest absolute Gasteiger partial charge is 0.385 e. The lowest BCUT2D eigenvalue weighted by Gasteiger charge is -2.32. The molecule has 5 nitrogen and oxygen atoms in total. The van der Waals surface area contributed by atoms with Crippen molar-refractivity contribution >= 4 is 11.6 Å². The number of benzene rings is 1. The van der Waals surface area contributed by atoms with E-state index in [1.807, 2.05) is 17.0 Å². The number of piperazine rings is 1. The van der Waals surface area contributed by atoms with Gasteiger partial charge in [-0.2, -0.15) is 0 Å². The molecule has 6 heteroatoms. The second-order valence-electron chi connectivity index (χ2n) is 6.29. The molecule has 2 aromatic rings. The number of carbonyl (C=O) groups is 1. The van der Waals surface area contributed by atoms with Gasteiger partial charge in [0.1, 0.15) is 11.5 Å². The average Bonchev–Trinajstić information content (AvgIpc) is 2.64. The van der Waals surface area contributed by atoms with Crippen LogP contribution in [-0.4, -0.2) is 60.5 Å². The van der Waals surface area contributed by atoms with Crippen LogP contribution in [0.25, 0.3) is 0 Å². The molecule has 3 rings (SSSR count). The highest BCUT2D eigenvalue weighted by molar-refractivity contribution is 5.93. The minimum atomic E-state index is -0.190. The molecule has 1 fully saturated rings. The molecule has 0 aliphatic carbocycles. The first-order chi connectivity index (χ1) is 12.1. The Morgan fingerprint density at radius 2 is 1.96 bits per heavy atom. The van der Waals surface area contributed by atoms with E-state index in [1.54, 1.807) is 24.4 Å². The molecule has 0 atom stereocenters. The van der Waals surface area contributed by atoms with Crippen LogP contribution in [0, 0.1) is 5.82 Å². The van der Waals surface area contributed by atoms with E-state index in [1.165, 1.54) is 6.07 Å². The van der Waals surface area contributed by atoms with E-state index >= 15 is 0 Å². The van der Waals surface area contributed by atoms with Crippen molar-refractivity contribution in [3.63, 3.8) is 0 Å². The summed E-state index contributed by atoms with van der Waals surface area (Å²) in [5, 5.41) is 3.24. The van der Waals surface area contributed by atoms with Crippen LogP contribution in [0.5, 0.6) is 0 Å². The smallest absolute Gasteiger partial charge is 0.272 e. The molecule has 2 heterocycles. The third-order valence-electron chi connectivity index (χ3n) is 4.45. The van der Waals surface area contributed by atoms with Crippen molar-refractivity contribution in [1.82, 2.24) is 14.8 Å². The van der Waals surface area contributed by atoms with E-state index in [0.29, 0.717) is 24.2 Å². The Morgan fingerprint density at radius 1 is 1.20 bits per heavy atom. The van der Waals surface area contributed by atoms with Gasteiger partial charge in [-0.3, -0.25) is 9.78 Å². The molecule has 1 amide bonds. The first-order valence-corrected chi connectivity index (χ1v) is 8.54. The van der Waals surface area contributed by atoms with Crippen molar-refractivity contribution in [1.29, 1.82) is 0 Å². The zero-order chi connectivity index (χ0) is 17.6. The number of aromatic nitrogens is 1. The molecular formula is C19H23FN4O. The molecule has 25 heavy (non-hydrogen) atoms. The summed E-state index contributed by atoms with van der Waals surface area (Å²) in [5.74, 6) is -0.226. The normalized spacial score (nSPS) is 15.2. The number of hydrogen-bond acceptors (Lipinski definition) is 4. The van der Waals surface area contributed by atoms with Gasteiger partial charge in [-0.25, -0.2) is 4.39 Å². The van der Waals surface area contributed by atoms with E-state index in [-0.39, 0.29) is 11.7 Å². The Labute approximate surface area is 147 Å². The van der Waals surface area contributed by atoms with Crippen molar-refractivity contribution in [3.8, 4) is 0 Å². The van der Waals surface area contributed by atoms with E-state index in [4.69, 9.17) is 0 Å². The van der Waals surface area contributed by atoms with Crippen molar-refractivity contribution < 1.29 is 9.18 Å². The number of rotatable bonds is 5. The molecule has 0 bridgehead atoms. The lowest BCUT2D eigenvalue weighted by molar-refractivity contribution is 0.0658. The molecule has 1 aliphatic rings. The van der Waals surface area contributed by atoms with Crippen LogP contribution in [-0.2, 0) is 6.42 Å². The number of nitrogens with zero attached hydrogens (tertiary/aromatic N) is 3. The number of amides is 1. The Balaban J connectivity index is 1.58. The molecule has 1 saturated heterocycles. The van der Waals surface area contributed by atoms with Crippen molar-refractivity contribution in [2.45, 2.75) is 6.42 Å². The summed E-state index contributed by atoms with van der Waals surface area (Å²) < 4.78 is 13.6. The van der Waals surface area contributed by atoms with Gasteiger partial charge in [0.15, 0.2) is 0 Å². The first kappa shape index (κ1) is 17.4. The minimum Gasteiger partial charge on any atom is -0.385 e. The van der Waals surface area contributed by atoms with Crippen LogP contribution in [0.4, 0.5) is 10.1 Å². The Morgan fingerprint density at radius 3 is 2.72 bits per heavy atom. The monoisotopic (exact) mass is 342 g/mol. The molecule has 1 aromatic carbocycles. The van der Waals surface area contributed by atoms with Crippen LogP contribution in [0.3, 0.4) is 0 Å². The van der Waals surface area contributed by atoms with Crippen LogP contribution in [0.1, 0.15) is 16.1 Å². The van der Waals surface area contributed by atoms with Gasteiger partial charge in [-0.05, 0) is 37.2 Å². The number of pyridine rings is 1. The molecule has 0 spiro atoms. The average molecular weight is 342 g/mol.